The minimum absolute atomic E-state index is 0. The standard InChI is InChI=1S/Na.H2O3S.7H2O.H/c;1-4(2)3;;;;;;;;/h;(H2,1,2,3);7*1H2;/q+1;;;;;;;;;-1. The Kier molecular flexibility index (Phi) is 986. The van der Waals surface area contributed by atoms with Crippen LogP contribution in [0.15, 0.2) is 0 Å². The molecule has 0 heterocycles. The summed E-state index contributed by atoms with van der Waals surface area (Å²) >= 11 is -2.61. The summed E-state index contributed by atoms with van der Waals surface area (Å²) in [6, 6.07) is 0. The minimum Gasteiger partial charge on any atom is -1.00 e. The minimum atomic E-state index is -2.61. The molecule has 0 aliphatic heterocycles. The van der Waals surface area contributed by atoms with Crippen LogP contribution >= 0.6 is 0 Å². The van der Waals surface area contributed by atoms with E-state index in [0.29, 0.717) is 0 Å². The van der Waals surface area contributed by atoms with Gasteiger partial charge in [-0.05, 0) is 0 Å². The van der Waals surface area contributed by atoms with E-state index in [2.05, 4.69) is 0 Å². The van der Waals surface area contributed by atoms with Gasteiger partial charge in [0.15, 0.2) is 0 Å². The van der Waals surface area contributed by atoms with E-state index in [1.165, 1.54) is 0 Å². The molecular formula is H17NaO10S. The van der Waals surface area contributed by atoms with Gasteiger partial charge in [-0.15, -0.1) is 0 Å². The molecule has 0 saturated carbocycles. The Morgan fingerprint density at radius 3 is 0.750 bits per heavy atom. The molecule has 0 unspecified atom stereocenters. The average molecular weight is 232 g/mol. The first-order valence-corrected chi connectivity index (χ1v) is 1.60. The maximum absolute atomic E-state index is 8.67. The van der Waals surface area contributed by atoms with Crippen molar-refractivity contribution >= 4 is 11.4 Å². The summed E-state index contributed by atoms with van der Waals surface area (Å²) in [6.07, 6.45) is 0. The Labute approximate surface area is 94.0 Å². The molecule has 10 nitrogen and oxygen atoms in total. The van der Waals surface area contributed by atoms with Gasteiger partial charge < -0.3 is 39.8 Å². The van der Waals surface area contributed by atoms with Crippen LogP contribution in [0.4, 0.5) is 0 Å². The zero-order chi connectivity index (χ0) is 3.58. The topological polar surface area (TPSA) is 278 Å². The van der Waals surface area contributed by atoms with Crippen LogP contribution in [0.5, 0.6) is 0 Å². The zero-order valence-electron chi connectivity index (χ0n) is 7.21. The summed E-state index contributed by atoms with van der Waals surface area (Å²) < 4.78 is 22.8. The third kappa shape index (κ3) is 1660. The van der Waals surface area contributed by atoms with Crippen LogP contribution in [0.1, 0.15) is 1.43 Å². The summed E-state index contributed by atoms with van der Waals surface area (Å²) in [6.45, 7) is 0. The van der Waals surface area contributed by atoms with E-state index in [1.807, 2.05) is 0 Å². The Bertz CT molecular complexity index is 37.9. The molecule has 0 aliphatic carbocycles. The Balaban J connectivity index is -0.00000000125. The number of hydrogen-bond acceptors (Lipinski definition) is 1. The molecule has 16 N–H and O–H groups in total. The molecule has 0 aromatic heterocycles. The third-order valence-electron chi connectivity index (χ3n) is 0. The van der Waals surface area contributed by atoms with Crippen LogP contribution in [-0.4, -0.2) is 51.6 Å². The molecule has 0 aromatic rings. The van der Waals surface area contributed by atoms with Crippen LogP contribution in [0.3, 0.4) is 0 Å². The summed E-state index contributed by atoms with van der Waals surface area (Å²) in [5, 5.41) is 0. The van der Waals surface area contributed by atoms with Gasteiger partial charge in [0.2, 0.25) is 0 Å². The Morgan fingerprint density at radius 2 is 0.750 bits per heavy atom. The van der Waals surface area contributed by atoms with Crippen molar-refractivity contribution in [3.8, 4) is 0 Å². The fourth-order valence-electron chi connectivity index (χ4n) is 0. The van der Waals surface area contributed by atoms with E-state index in [-0.39, 0.29) is 69.3 Å². The van der Waals surface area contributed by atoms with Gasteiger partial charge in [-0.25, -0.2) is 0 Å². The van der Waals surface area contributed by atoms with E-state index >= 15 is 0 Å². The van der Waals surface area contributed by atoms with Crippen molar-refractivity contribution in [3.05, 3.63) is 0 Å². The quantitative estimate of drug-likeness (QED) is 0.304. The first-order valence-electron chi connectivity index (χ1n) is 0.532. The second kappa shape index (κ2) is 95.6. The summed E-state index contributed by atoms with van der Waals surface area (Å²) in [4.78, 5) is 0. The van der Waals surface area contributed by atoms with Gasteiger partial charge in [0.25, 0.3) is 11.4 Å². The molecule has 0 spiro atoms. The van der Waals surface area contributed by atoms with E-state index in [4.69, 9.17) is 13.3 Å². The van der Waals surface area contributed by atoms with Gasteiger partial charge in [0.05, 0.1) is 0 Å². The largest absolute Gasteiger partial charge is 1.00 e. The molecule has 0 radical (unpaired) electrons. The third-order valence-corrected chi connectivity index (χ3v) is 0. The fourth-order valence-corrected chi connectivity index (χ4v) is 0. The maximum Gasteiger partial charge on any atom is 1.00 e. The van der Waals surface area contributed by atoms with E-state index in [9.17, 15) is 0 Å². The second-order valence-electron chi connectivity index (χ2n) is 0.231. The fraction of sp³-hybridized carbons (Fsp3) is 0. The second-order valence-corrected chi connectivity index (χ2v) is 0.692. The molecule has 0 aliphatic rings. The summed E-state index contributed by atoms with van der Waals surface area (Å²) in [5.74, 6) is 0. The van der Waals surface area contributed by atoms with Crippen molar-refractivity contribution in [2.75, 3.05) is 0 Å². The van der Waals surface area contributed by atoms with Gasteiger partial charge in [-0.1, -0.05) is 0 Å². The first kappa shape index (κ1) is 124. The Hall–Kier alpha value is 0.790. The zero-order valence-corrected chi connectivity index (χ0v) is 9.03. The van der Waals surface area contributed by atoms with E-state index in [0.717, 1.165) is 0 Å². The van der Waals surface area contributed by atoms with Crippen LogP contribution in [0.2, 0.25) is 0 Å². The molecule has 0 saturated heterocycles. The normalized spacial score (nSPS) is 2.92. The van der Waals surface area contributed by atoms with Gasteiger partial charge in [0.1, 0.15) is 0 Å². The van der Waals surface area contributed by atoms with Crippen LogP contribution < -0.4 is 29.6 Å². The van der Waals surface area contributed by atoms with Crippen LogP contribution in [0, 0.1) is 0 Å². The molecular weight excluding hydrogens is 215 g/mol. The van der Waals surface area contributed by atoms with Gasteiger partial charge >= 0.3 is 29.6 Å². The van der Waals surface area contributed by atoms with Crippen molar-refractivity contribution in [2.45, 2.75) is 0 Å². The molecule has 12 heavy (non-hydrogen) atoms. The predicted octanol–water partition coefficient (Wildman–Crippen LogP) is -8.98. The van der Waals surface area contributed by atoms with Crippen molar-refractivity contribution in [1.29, 1.82) is 0 Å². The van der Waals surface area contributed by atoms with Gasteiger partial charge in [-0.2, -0.15) is 4.21 Å². The van der Waals surface area contributed by atoms with Crippen molar-refractivity contribution in [2.24, 2.45) is 0 Å². The van der Waals surface area contributed by atoms with Crippen molar-refractivity contribution in [3.63, 3.8) is 0 Å². The predicted molar refractivity (Wildman–Crippen MR) is 39.8 cm³/mol. The van der Waals surface area contributed by atoms with Crippen LogP contribution in [-0.2, 0) is 11.4 Å². The van der Waals surface area contributed by atoms with Crippen molar-refractivity contribution < 1.29 is 82.6 Å². The summed E-state index contributed by atoms with van der Waals surface area (Å²) in [5.41, 5.74) is 0. The van der Waals surface area contributed by atoms with E-state index < -0.39 is 11.4 Å². The molecule has 84 valence electrons. The van der Waals surface area contributed by atoms with Gasteiger partial charge in [0, 0.05) is 0 Å². The molecule has 0 atom stereocenters. The average Bonchev–Trinajstić information content (AvgIpc) is 0.811. The number of rotatable bonds is 0. The number of hydrogen-bond donors (Lipinski definition) is 2. The molecule has 0 amide bonds. The smallest absolute Gasteiger partial charge is 1.00 e. The maximum atomic E-state index is 8.67. The SMILES string of the molecule is O.O.O.O.O.O.O.O=S(O)O.[H-].[Na+]. The van der Waals surface area contributed by atoms with Crippen LogP contribution in [0.25, 0.3) is 0 Å². The summed E-state index contributed by atoms with van der Waals surface area (Å²) in [7, 11) is 0. The molecule has 12 heteroatoms. The van der Waals surface area contributed by atoms with Crippen molar-refractivity contribution in [1.82, 2.24) is 0 Å². The van der Waals surface area contributed by atoms with Gasteiger partial charge in [-0.3, -0.25) is 9.11 Å². The van der Waals surface area contributed by atoms with E-state index in [1.54, 1.807) is 0 Å². The monoisotopic (exact) mass is 232 g/mol. The molecule has 0 fully saturated rings. The molecule has 0 aromatic carbocycles. The Morgan fingerprint density at radius 1 is 0.750 bits per heavy atom. The first-order chi connectivity index (χ1) is 1.73. The molecule has 0 rings (SSSR count). The molecule has 0 bridgehead atoms.